The lowest BCUT2D eigenvalue weighted by molar-refractivity contribution is 0.0316. The van der Waals surface area contributed by atoms with E-state index < -0.39 is 5.56 Å². The van der Waals surface area contributed by atoms with E-state index in [1.54, 1.807) is 12.1 Å². The molecule has 0 amide bonds. The Bertz CT molecular complexity index is 1140. The number of hydrogen-bond donors (Lipinski definition) is 1. The lowest BCUT2D eigenvalue weighted by Crippen LogP contribution is -2.48. The van der Waals surface area contributed by atoms with Crippen molar-refractivity contribution in [2.75, 3.05) is 29.9 Å². The molecule has 1 aromatic carbocycles. The van der Waals surface area contributed by atoms with Crippen LogP contribution in [-0.4, -0.2) is 41.3 Å². The van der Waals surface area contributed by atoms with E-state index in [-0.39, 0.29) is 34.7 Å². The summed E-state index contributed by atoms with van der Waals surface area (Å²) in [5.41, 5.74) is 1.69. The molecule has 0 saturated heterocycles. The fraction of sp³-hybridized carbons (Fsp3) is 0.621. The van der Waals surface area contributed by atoms with Crippen LogP contribution in [0, 0.1) is 23.2 Å². The molecule has 1 N–H and O–H groups in total. The van der Waals surface area contributed by atoms with Crippen LogP contribution in [-0.2, 0) is 6.54 Å². The SMILES string of the molecule is CCOc1nn(CC(=O)c2ccc(N(CC)CC)cc2)c(=O)c(Cl)c1N[C@@H]1C[C@H](C)C(C)(C)[C@H](C)[C@H]1C. The minimum absolute atomic E-state index is 0.000436. The number of anilines is 2. The van der Waals surface area contributed by atoms with E-state index in [1.165, 1.54) is 0 Å². The van der Waals surface area contributed by atoms with Crippen molar-refractivity contribution in [2.45, 2.75) is 74.4 Å². The number of carbonyl (C=O) groups is 1. The average molecular weight is 531 g/mol. The smallest absolute Gasteiger partial charge is 0.288 e. The fourth-order valence-electron chi connectivity index (χ4n) is 5.41. The molecule has 0 spiro atoms. The molecule has 1 aromatic heterocycles. The molecule has 204 valence electrons. The van der Waals surface area contributed by atoms with Gasteiger partial charge in [-0.05, 0) is 74.6 Å². The van der Waals surface area contributed by atoms with Gasteiger partial charge in [0.1, 0.15) is 17.3 Å². The van der Waals surface area contributed by atoms with Crippen LogP contribution in [0.3, 0.4) is 0 Å². The normalized spacial score (nSPS) is 22.9. The van der Waals surface area contributed by atoms with E-state index in [1.807, 2.05) is 19.1 Å². The maximum Gasteiger partial charge on any atom is 0.288 e. The first-order valence-corrected chi connectivity index (χ1v) is 13.9. The number of halogens is 1. The molecule has 8 heteroatoms. The second-order valence-electron chi connectivity index (χ2n) is 10.9. The number of nitrogens with zero attached hydrogens (tertiary/aromatic N) is 3. The summed E-state index contributed by atoms with van der Waals surface area (Å²) in [6, 6.07) is 7.55. The molecule has 1 aliphatic rings. The van der Waals surface area contributed by atoms with Crippen LogP contribution in [0.4, 0.5) is 11.4 Å². The molecule has 0 bridgehead atoms. The summed E-state index contributed by atoms with van der Waals surface area (Å²) in [4.78, 5) is 28.4. The molecule has 1 fully saturated rings. The number of hydrogen-bond acceptors (Lipinski definition) is 6. The van der Waals surface area contributed by atoms with Gasteiger partial charge in [-0.1, -0.05) is 46.2 Å². The molecule has 1 heterocycles. The summed E-state index contributed by atoms with van der Waals surface area (Å²) >= 11 is 6.62. The third-order valence-corrected chi connectivity index (χ3v) is 9.11. The monoisotopic (exact) mass is 530 g/mol. The van der Waals surface area contributed by atoms with Gasteiger partial charge in [0.25, 0.3) is 11.4 Å². The summed E-state index contributed by atoms with van der Waals surface area (Å²) in [6.07, 6.45) is 0.950. The van der Waals surface area contributed by atoms with Crippen LogP contribution in [0.5, 0.6) is 5.88 Å². The second-order valence-corrected chi connectivity index (χ2v) is 11.3. The van der Waals surface area contributed by atoms with Gasteiger partial charge >= 0.3 is 0 Å². The molecule has 0 radical (unpaired) electrons. The number of rotatable bonds is 10. The van der Waals surface area contributed by atoms with Gasteiger partial charge in [0.2, 0.25) is 0 Å². The summed E-state index contributed by atoms with van der Waals surface area (Å²) in [5, 5.41) is 7.93. The number of benzene rings is 1. The highest BCUT2D eigenvalue weighted by molar-refractivity contribution is 6.33. The molecule has 0 unspecified atom stereocenters. The van der Waals surface area contributed by atoms with Gasteiger partial charge < -0.3 is 15.0 Å². The summed E-state index contributed by atoms with van der Waals surface area (Å²) < 4.78 is 6.91. The van der Waals surface area contributed by atoms with Crippen molar-refractivity contribution in [2.24, 2.45) is 23.2 Å². The first kappa shape index (κ1) is 29.0. The van der Waals surface area contributed by atoms with Gasteiger partial charge in [0.05, 0.1) is 6.61 Å². The van der Waals surface area contributed by atoms with Crippen LogP contribution in [0.2, 0.25) is 5.02 Å². The van der Waals surface area contributed by atoms with Crippen molar-refractivity contribution in [3.63, 3.8) is 0 Å². The Kier molecular flexibility index (Phi) is 9.32. The fourth-order valence-corrected chi connectivity index (χ4v) is 5.65. The van der Waals surface area contributed by atoms with Crippen molar-refractivity contribution in [1.82, 2.24) is 9.78 Å². The summed E-state index contributed by atoms with van der Waals surface area (Å²) in [5.74, 6) is 1.35. The van der Waals surface area contributed by atoms with Crippen molar-refractivity contribution in [3.05, 3.63) is 45.2 Å². The molecule has 37 heavy (non-hydrogen) atoms. The van der Waals surface area contributed by atoms with Gasteiger partial charge in [-0.2, -0.15) is 0 Å². The molecular weight excluding hydrogens is 488 g/mol. The Morgan fingerprint density at radius 2 is 1.78 bits per heavy atom. The van der Waals surface area contributed by atoms with Gasteiger partial charge in [-0.3, -0.25) is 9.59 Å². The number of carbonyl (C=O) groups excluding carboxylic acids is 1. The Balaban J connectivity index is 1.87. The zero-order valence-electron chi connectivity index (χ0n) is 23.6. The molecule has 0 aliphatic heterocycles. The van der Waals surface area contributed by atoms with Crippen LogP contribution in [0.1, 0.15) is 72.2 Å². The van der Waals surface area contributed by atoms with E-state index >= 15 is 0 Å². The number of Topliss-reactive ketones (excluding diaryl/α,β-unsaturated/α-hetero) is 1. The zero-order chi connectivity index (χ0) is 27.5. The van der Waals surface area contributed by atoms with Gasteiger partial charge in [-0.15, -0.1) is 5.10 Å². The van der Waals surface area contributed by atoms with Gasteiger partial charge in [0, 0.05) is 30.4 Å². The Hall–Kier alpha value is -2.54. The molecular formula is C29H43ClN4O3. The van der Waals surface area contributed by atoms with E-state index in [2.05, 4.69) is 63.8 Å². The van der Waals surface area contributed by atoms with E-state index in [0.29, 0.717) is 35.6 Å². The summed E-state index contributed by atoms with van der Waals surface area (Å²) in [7, 11) is 0. The highest BCUT2D eigenvalue weighted by Gasteiger charge is 2.44. The van der Waals surface area contributed by atoms with Crippen molar-refractivity contribution in [1.29, 1.82) is 0 Å². The number of ketones is 1. The first-order chi connectivity index (χ1) is 17.5. The van der Waals surface area contributed by atoms with Crippen LogP contribution < -0.4 is 20.5 Å². The average Bonchev–Trinajstić information content (AvgIpc) is 2.88. The highest BCUT2D eigenvalue weighted by atomic mass is 35.5. The van der Waals surface area contributed by atoms with Crippen molar-refractivity contribution >= 4 is 28.8 Å². The topological polar surface area (TPSA) is 76.5 Å². The van der Waals surface area contributed by atoms with E-state index in [0.717, 1.165) is 29.9 Å². The molecule has 4 atom stereocenters. The largest absolute Gasteiger partial charge is 0.475 e. The molecule has 7 nitrogen and oxygen atoms in total. The molecule has 1 aliphatic carbocycles. The second kappa shape index (κ2) is 11.9. The Morgan fingerprint density at radius 3 is 2.35 bits per heavy atom. The minimum atomic E-state index is -0.509. The third-order valence-electron chi connectivity index (χ3n) is 8.76. The Labute approximate surface area is 226 Å². The zero-order valence-corrected chi connectivity index (χ0v) is 24.4. The summed E-state index contributed by atoms with van der Waals surface area (Å²) in [6.45, 7) is 19.4. The highest BCUT2D eigenvalue weighted by Crippen LogP contribution is 2.48. The maximum atomic E-state index is 13.2. The van der Waals surface area contributed by atoms with Gasteiger partial charge in [0.15, 0.2) is 5.78 Å². The number of aromatic nitrogens is 2. The molecule has 2 aromatic rings. The van der Waals surface area contributed by atoms with Crippen molar-refractivity contribution in [3.8, 4) is 5.88 Å². The lowest BCUT2D eigenvalue weighted by atomic mass is 9.58. The predicted molar refractivity (Wildman–Crippen MR) is 152 cm³/mol. The minimum Gasteiger partial charge on any atom is -0.475 e. The van der Waals surface area contributed by atoms with E-state index in [9.17, 15) is 9.59 Å². The van der Waals surface area contributed by atoms with Crippen LogP contribution in [0.25, 0.3) is 0 Å². The van der Waals surface area contributed by atoms with Crippen LogP contribution in [0.15, 0.2) is 29.1 Å². The third kappa shape index (κ3) is 5.97. The number of nitrogens with one attached hydrogen (secondary N) is 1. The van der Waals surface area contributed by atoms with E-state index in [4.69, 9.17) is 16.3 Å². The molecule has 3 rings (SSSR count). The lowest BCUT2D eigenvalue weighted by Gasteiger charge is -2.50. The quantitative estimate of drug-likeness (QED) is 0.372. The first-order valence-electron chi connectivity index (χ1n) is 13.5. The molecule has 1 saturated carbocycles. The van der Waals surface area contributed by atoms with Crippen molar-refractivity contribution < 1.29 is 9.53 Å². The predicted octanol–water partition coefficient (Wildman–Crippen LogP) is 6.14. The van der Waals surface area contributed by atoms with Gasteiger partial charge in [-0.25, -0.2) is 4.68 Å². The standard InChI is InChI=1S/C29H43ClN4O3/c1-9-33(10-2)22-14-12-21(13-15-22)24(35)17-34-28(36)25(30)26(27(32-34)37-11-3)31-23-16-18(4)29(7,8)20(6)19(23)5/h12-15,18-20,23,31H,9-11,16-17H2,1-8H3/t18-,19+,20+,23+/m0/s1. The Morgan fingerprint density at radius 1 is 1.16 bits per heavy atom. The van der Waals surface area contributed by atoms with Crippen LogP contribution >= 0.6 is 11.6 Å². The number of ether oxygens (including phenoxy) is 1. The maximum absolute atomic E-state index is 13.2.